The van der Waals surface area contributed by atoms with Crippen LogP contribution in [0.5, 0.6) is 0 Å². The summed E-state index contributed by atoms with van der Waals surface area (Å²) in [6, 6.07) is 9.61. The molecule has 27 heavy (non-hydrogen) atoms. The van der Waals surface area contributed by atoms with E-state index in [2.05, 4.69) is 5.32 Å². The number of amides is 1. The summed E-state index contributed by atoms with van der Waals surface area (Å²) in [6.07, 6.45) is 7.24. The lowest BCUT2D eigenvalue weighted by Gasteiger charge is -2.56. The molecule has 0 saturated heterocycles. The molecule has 4 aliphatic rings. The Morgan fingerprint density at radius 3 is 2.37 bits per heavy atom. The summed E-state index contributed by atoms with van der Waals surface area (Å²) in [5.74, 6) is 2.84. The fourth-order valence-corrected chi connectivity index (χ4v) is 5.95. The largest absolute Gasteiger partial charge is 0.451 e. The molecule has 4 aliphatic carbocycles. The standard InChI is InChI=1S/C21H22N2O4/c24-20(22-21-10-13-6-14(11-21)8-15(7-13)12-21)19-5-4-18(27-19)16-2-1-3-17(9-16)23(25)26/h1-5,9,13-15H,6-8,10-12H2,(H,22,24). The van der Waals surface area contributed by atoms with Crippen molar-refractivity contribution in [3.63, 3.8) is 0 Å². The second-order valence-corrected chi connectivity index (χ2v) is 8.62. The molecule has 0 atom stereocenters. The van der Waals surface area contributed by atoms with Gasteiger partial charge in [0.15, 0.2) is 5.76 Å². The van der Waals surface area contributed by atoms with E-state index >= 15 is 0 Å². The van der Waals surface area contributed by atoms with Gasteiger partial charge in [0.25, 0.3) is 11.6 Å². The Hall–Kier alpha value is -2.63. The molecule has 6 heteroatoms. The molecule has 1 aromatic heterocycles. The molecule has 1 N–H and O–H groups in total. The molecule has 1 aromatic carbocycles. The number of hydrogen-bond donors (Lipinski definition) is 1. The molecule has 0 radical (unpaired) electrons. The summed E-state index contributed by atoms with van der Waals surface area (Å²) in [7, 11) is 0. The highest BCUT2D eigenvalue weighted by atomic mass is 16.6. The first-order chi connectivity index (χ1) is 13.0. The molecule has 4 fully saturated rings. The van der Waals surface area contributed by atoms with Gasteiger partial charge in [0.1, 0.15) is 5.76 Å². The van der Waals surface area contributed by atoms with Crippen molar-refractivity contribution >= 4 is 11.6 Å². The molecular formula is C21H22N2O4. The van der Waals surface area contributed by atoms with E-state index in [0.29, 0.717) is 11.3 Å². The lowest BCUT2D eigenvalue weighted by atomic mass is 9.53. The average molecular weight is 366 g/mol. The maximum absolute atomic E-state index is 12.8. The number of nitrogens with one attached hydrogen (secondary N) is 1. The topological polar surface area (TPSA) is 85.4 Å². The summed E-state index contributed by atoms with van der Waals surface area (Å²) in [6.45, 7) is 0. The molecule has 4 saturated carbocycles. The number of carbonyl (C=O) groups is 1. The Balaban J connectivity index is 1.35. The number of nitro benzene ring substituents is 1. The van der Waals surface area contributed by atoms with Gasteiger partial charge in [0, 0.05) is 23.2 Å². The number of nitrogens with zero attached hydrogens (tertiary/aromatic N) is 1. The lowest BCUT2D eigenvalue weighted by Crippen LogP contribution is -2.59. The predicted molar refractivity (Wildman–Crippen MR) is 99.2 cm³/mol. The second kappa shape index (κ2) is 5.94. The first-order valence-corrected chi connectivity index (χ1v) is 9.67. The summed E-state index contributed by atoms with van der Waals surface area (Å²) >= 11 is 0. The first-order valence-electron chi connectivity index (χ1n) is 9.67. The van der Waals surface area contributed by atoms with Gasteiger partial charge in [-0.2, -0.15) is 0 Å². The highest BCUT2D eigenvalue weighted by Gasteiger charge is 2.51. The van der Waals surface area contributed by atoms with Gasteiger partial charge in [-0.15, -0.1) is 0 Å². The van der Waals surface area contributed by atoms with Crippen molar-refractivity contribution in [2.45, 2.75) is 44.1 Å². The normalized spacial score (nSPS) is 31.0. The van der Waals surface area contributed by atoms with E-state index < -0.39 is 4.92 Å². The van der Waals surface area contributed by atoms with Crippen LogP contribution in [0.1, 0.15) is 49.1 Å². The highest BCUT2D eigenvalue weighted by molar-refractivity contribution is 5.92. The number of non-ortho nitro benzene ring substituents is 1. The van der Waals surface area contributed by atoms with Crippen LogP contribution in [-0.4, -0.2) is 16.4 Å². The Morgan fingerprint density at radius 1 is 1.07 bits per heavy atom. The minimum Gasteiger partial charge on any atom is -0.451 e. The van der Waals surface area contributed by atoms with E-state index in [4.69, 9.17) is 4.42 Å². The quantitative estimate of drug-likeness (QED) is 0.635. The van der Waals surface area contributed by atoms with Crippen molar-refractivity contribution in [3.8, 4) is 11.3 Å². The summed E-state index contributed by atoms with van der Waals surface area (Å²) in [4.78, 5) is 23.4. The van der Waals surface area contributed by atoms with Crippen molar-refractivity contribution in [3.05, 3.63) is 52.3 Å². The Labute approximate surface area is 157 Å². The van der Waals surface area contributed by atoms with Crippen molar-refractivity contribution < 1.29 is 14.1 Å². The van der Waals surface area contributed by atoms with Gasteiger partial charge in [0.05, 0.1) is 4.92 Å². The zero-order chi connectivity index (χ0) is 18.6. The van der Waals surface area contributed by atoms with Crippen LogP contribution >= 0.6 is 0 Å². The molecule has 1 heterocycles. The molecule has 2 aromatic rings. The van der Waals surface area contributed by atoms with Crippen molar-refractivity contribution in [2.24, 2.45) is 17.8 Å². The number of hydrogen-bond acceptors (Lipinski definition) is 4. The minimum atomic E-state index is -0.437. The van der Waals surface area contributed by atoms with Crippen LogP contribution in [0.15, 0.2) is 40.8 Å². The first kappa shape index (κ1) is 16.5. The molecule has 6 rings (SSSR count). The third-order valence-electron chi connectivity index (χ3n) is 6.59. The molecular weight excluding hydrogens is 344 g/mol. The van der Waals surface area contributed by atoms with Gasteiger partial charge in [0.2, 0.25) is 0 Å². The van der Waals surface area contributed by atoms with E-state index in [0.717, 1.165) is 37.0 Å². The van der Waals surface area contributed by atoms with Gasteiger partial charge in [-0.1, -0.05) is 12.1 Å². The van der Waals surface area contributed by atoms with Crippen LogP contribution in [-0.2, 0) is 0 Å². The molecule has 0 unspecified atom stereocenters. The van der Waals surface area contributed by atoms with E-state index in [1.54, 1.807) is 24.3 Å². The molecule has 6 nitrogen and oxygen atoms in total. The second-order valence-electron chi connectivity index (χ2n) is 8.62. The molecule has 1 amide bonds. The fourth-order valence-electron chi connectivity index (χ4n) is 5.95. The van der Waals surface area contributed by atoms with Crippen LogP contribution in [0, 0.1) is 27.9 Å². The zero-order valence-corrected chi connectivity index (χ0v) is 15.0. The fraction of sp³-hybridized carbons (Fsp3) is 0.476. The Bertz CT molecular complexity index is 881. The third-order valence-corrected chi connectivity index (χ3v) is 6.59. The van der Waals surface area contributed by atoms with Gasteiger partial charge >= 0.3 is 0 Å². The predicted octanol–water partition coefficient (Wildman–Crippen LogP) is 4.55. The van der Waals surface area contributed by atoms with E-state index in [9.17, 15) is 14.9 Å². The Morgan fingerprint density at radius 2 is 1.74 bits per heavy atom. The van der Waals surface area contributed by atoms with Crippen LogP contribution in [0.25, 0.3) is 11.3 Å². The van der Waals surface area contributed by atoms with Gasteiger partial charge in [-0.3, -0.25) is 14.9 Å². The van der Waals surface area contributed by atoms with Gasteiger partial charge in [-0.05, 0) is 68.4 Å². The number of nitro groups is 1. The maximum atomic E-state index is 12.8. The Kier molecular flexibility index (Phi) is 3.64. The summed E-state index contributed by atoms with van der Waals surface area (Å²) < 4.78 is 5.75. The monoisotopic (exact) mass is 366 g/mol. The highest BCUT2D eigenvalue weighted by Crippen LogP contribution is 2.55. The number of furan rings is 1. The minimum absolute atomic E-state index is 0.00321. The van der Waals surface area contributed by atoms with Crippen molar-refractivity contribution in [2.75, 3.05) is 0 Å². The number of carbonyl (C=O) groups excluding carboxylic acids is 1. The third kappa shape index (κ3) is 2.93. The summed E-state index contributed by atoms with van der Waals surface area (Å²) in [5.41, 5.74) is 0.533. The van der Waals surface area contributed by atoms with Crippen molar-refractivity contribution in [1.29, 1.82) is 0 Å². The van der Waals surface area contributed by atoms with Gasteiger partial charge in [-0.25, -0.2) is 0 Å². The van der Waals surface area contributed by atoms with E-state index in [-0.39, 0.29) is 22.9 Å². The van der Waals surface area contributed by atoms with E-state index in [1.807, 2.05) is 0 Å². The van der Waals surface area contributed by atoms with Crippen LogP contribution in [0.3, 0.4) is 0 Å². The number of rotatable bonds is 4. The smallest absolute Gasteiger partial charge is 0.287 e. The molecule has 0 spiro atoms. The molecule has 140 valence electrons. The summed E-state index contributed by atoms with van der Waals surface area (Å²) in [5, 5.41) is 14.3. The SMILES string of the molecule is O=C(NC12CC3CC(CC(C3)C1)C2)c1ccc(-c2cccc([N+](=O)[O-])c2)o1. The van der Waals surface area contributed by atoms with Gasteiger partial charge < -0.3 is 9.73 Å². The average Bonchev–Trinajstić information content (AvgIpc) is 3.10. The molecule has 4 bridgehead atoms. The van der Waals surface area contributed by atoms with E-state index in [1.165, 1.54) is 31.4 Å². The van der Waals surface area contributed by atoms with Crippen LogP contribution in [0.2, 0.25) is 0 Å². The van der Waals surface area contributed by atoms with Crippen LogP contribution in [0.4, 0.5) is 5.69 Å². The zero-order valence-electron chi connectivity index (χ0n) is 15.0. The number of benzene rings is 1. The molecule has 0 aliphatic heterocycles. The lowest BCUT2D eigenvalue weighted by molar-refractivity contribution is -0.384. The van der Waals surface area contributed by atoms with Crippen LogP contribution < -0.4 is 5.32 Å². The van der Waals surface area contributed by atoms with Crippen molar-refractivity contribution in [1.82, 2.24) is 5.32 Å². The maximum Gasteiger partial charge on any atom is 0.287 e.